The molecule has 2 aromatic heterocycles. The molecule has 1 aliphatic rings. The van der Waals surface area contributed by atoms with E-state index < -0.39 is 23.9 Å². The molecule has 3 amide bonds. The summed E-state index contributed by atoms with van der Waals surface area (Å²) in [6, 6.07) is 11.6. The molecule has 1 unspecified atom stereocenters. The first kappa shape index (κ1) is 28.4. The first-order chi connectivity index (χ1) is 20.0. The zero-order valence-corrected chi connectivity index (χ0v) is 22.2. The van der Waals surface area contributed by atoms with Crippen LogP contribution in [0.3, 0.4) is 0 Å². The van der Waals surface area contributed by atoms with Gasteiger partial charge in [-0.3, -0.25) is 9.36 Å². The van der Waals surface area contributed by atoms with Gasteiger partial charge < -0.3 is 25.0 Å². The molecule has 0 aliphatic carbocycles. The molecule has 0 saturated carbocycles. The Balaban J connectivity index is 1.28. The number of benzene rings is 2. The minimum absolute atomic E-state index is 0.00618. The number of likely N-dealkylation sites (tertiary alicyclic amines) is 1. The average molecular weight is 583 g/mol. The molecule has 5 rings (SSSR count). The van der Waals surface area contributed by atoms with Crippen LogP contribution in [0.15, 0.2) is 67.1 Å². The number of ether oxygens (including phenoxy) is 1. The van der Waals surface area contributed by atoms with Crippen LogP contribution >= 0.6 is 0 Å². The van der Waals surface area contributed by atoms with Crippen molar-refractivity contribution < 1.29 is 37.4 Å². The van der Waals surface area contributed by atoms with Crippen LogP contribution in [0.4, 0.5) is 28.4 Å². The number of hydrogen-bond donors (Lipinski definition) is 2. The van der Waals surface area contributed by atoms with Crippen LogP contribution in [0.5, 0.6) is 11.6 Å². The summed E-state index contributed by atoms with van der Waals surface area (Å²) in [5.74, 6) is 0.406. The van der Waals surface area contributed by atoms with E-state index in [1.54, 1.807) is 35.2 Å². The van der Waals surface area contributed by atoms with Crippen molar-refractivity contribution in [2.75, 3.05) is 18.4 Å². The van der Waals surface area contributed by atoms with Crippen molar-refractivity contribution in [1.29, 1.82) is 0 Å². The number of halogens is 3. The molecule has 0 spiro atoms. The highest BCUT2D eigenvalue weighted by Crippen LogP contribution is 2.31. The fraction of sp³-hybridized carbons (Fsp3) is 0.250. The van der Waals surface area contributed by atoms with Crippen molar-refractivity contribution in [2.24, 2.45) is 0 Å². The number of nitrogens with zero attached hydrogens (tertiary/aromatic N) is 5. The van der Waals surface area contributed by atoms with Gasteiger partial charge in [0.15, 0.2) is 0 Å². The first-order valence-electron chi connectivity index (χ1n) is 12.8. The van der Waals surface area contributed by atoms with E-state index in [0.717, 1.165) is 12.1 Å². The van der Waals surface area contributed by atoms with Crippen molar-refractivity contribution in [3.8, 4) is 11.6 Å². The lowest BCUT2D eigenvalue weighted by molar-refractivity contribution is -0.137. The van der Waals surface area contributed by atoms with Gasteiger partial charge in [-0.25, -0.2) is 19.6 Å². The summed E-state index contributed by atoms with van der Waals surface area (Å²) in [6.07, 6.45) is -2.24. The van der Waals surface area contributed by atoms with E-state index in [1.165, 1.54) is 41.0 Å². The van der Waals surface area contributed by atoms with E-state index in [9.17, 15) is 32.7 Å². The molecule has 1 saturated heterocycles. The van der Waals surface area contributed by atoms with Gasteiger partial charge in [0.25, 0.3) is 0 Å². The van der Waals surface area contributed by atoms with Crippen LogP contribution in [-0.4, -0.2) is 66.6 Å². The summed E-state index contributed by atoms with van der Waals surface area (Å²) in [6.45, 7) is 2.14. The first-order valence-corrected chi connectivity index (χ1v) is 12.8. The van der Waals surface area contributed by atoms with Crippen molar-refractivity contribution in [3.05, 3.63) is 78.4 Å². The molecular weight excluding hydrogens is 557 g/mol. The Labute approximate surface area is 237 Å². The van der Waals surface area contributed by atoms with Crippen molar-refractivity contribution in [1.82, 2.24) is 24.3 Å². The van der Waals surface area contributed by atoms with Crippen LogP contribution in [0, 0.1) is 0 Å². The van der Waals surface area contributed by atoms with Crippen molar-refractivity contribution in [2.45, 2.75) is 32.1 Å². The van der Waals surface area contributed by atoms with Gasteiger partial charge in [0, 0.05) is 43.4 Å². The summed E-state index contributed by atoms with van der Waals surface area (Å²) < 4.78 is 46.2. The Bertz CT molecular complexity index is 1660. The Kier molecular flexibility index (Phi) is 7.70. The normalized spacial score (nSPS) is 15.0. The molecule has 0 radical (unpaired) electrons. The summed E-state index contributed by atoms with van der Waals surface area (Å²) >= 11 is 0. The number of carbonyl (C=O) groups excluding carboxylic acids is 2. The third kappa shape index (κ3) is 6.27. The molecule has 2 N–H and O–H groups in total. The van der Waals surface area contributed by atoms with Gasteiger partial charge in [0.05, 0.1) is 29.4 Å². The molecule has 4 aromatic rings. The maximum absolute atomic E-state index is 13.0. The molecule has 42 heavy (non-hydrogen) atoms. The Hall–Kier alpha value is -5.14. The molecular formula is C28H25F3N6O5. The maximum Gasteiger partial charge on any atom is 0.416 e. The quantitative estimate of drug-likeness (QED) is 0.310. The Morgan fingerprint density at radius 1 is 1.12 bits per heavy atom. The van der Waals surface area contributed by atoms with Crippen LogP contribution in [0.2, 0.25) is 0 Å². The van der Waals surface area contributed by atoms with Gasteiger partial charge >= 0.3 is 18.3 Å². The Morgan fingerprint density at radius 3 is 2.64 bits per heavy atom. The molecule has 11 nitrogen and oxygen atoms in total. The van der Waals surface area contributed by atoms with E-state index in [-0.39, 0.29) is 36.6 Å². The van der Waals surface area contributed by atoms with Gasteiger partial charge in [-0.1, -0.05) is 6.07 Å². The number of amides is 3. The highest BCUT2D eigenvalue weighted by atomic mass is 19.4. The lowest BCUT2D eigenvalue weighted by Crippen LogP contribution is -2.41. The number of alkyl halides is 3. The molecule has 0 bridgehead atoms. The van der Waals surface area contributed by atoms with Gasteiger partial charge in [0.1, 0.15) is 12.1 Å². The standard InChI is InChI=1S/C28H25F3N6O5/c1-17(38)37(22-8-9-35(15-22)27(40)41)14-21-13-25(33-16-32-21)42-23-5-6-24-18(11-23)7-10-36(24)26(39)34-20-4-2-3-19(12-20)28(29,30)31/h2-7,10-13,16,22H,8-9,14-15H2,1H3,(H,34,39)(H,40,41). The van der Waals surface area contributed by atoms with Crippen LogP contribution in [0.25, 0.3) is 10.9 Å². The number of anilines is 1. The topological polar surface area (TPSA) is 130 Å². The van der Waals surface area contributed by atoms with Crippen molar-refractivity contribution >= 4 is 34.6 Å². The molecule has 218 valence electrons. The van der Waals surface area contributed by atoms with E-state index in [1.807, 2.05) is 0 Å². The van der Waals surface area contributed by atoms with E-state index in [4.69, 9.17) is 4.74 Å². The minimum Gasteiger partial charge on any atom is -0.465 e. The second-order valence-corrected chi connectivity index (χ2v) is 9.68. The summed E-state index contributed by atoms with van der Waals surface area (Å²) in [5.41, 5.74) is 0.137. The van der Waals surface area contributed by atoms with Crippen LogP contribution in [0.1, 0.15) is 24.6 Å². The van der Waals surface area contributed by atoms with E-state index in [0.29, 0.717) is 35.3 Å². The highest BCUT2D eigenvalue weighted by molar-refractivity contribution is 5.98. The summed E-state index contributed by atoms with van der Waals surface area (Å²) in [5, 5.41) is 12.3. The molecule has 2 aromatic carbocycles. The number of hydrogen-bond acceptors (Lipinski definition) is 6. The summed E-state index contributed by atoms with van der Waals surface area (Å²) in [4.78, 5) is 47.6. The third-order valence-electron chi connectivity index (χ3n) is 6.85. The maximum atomic E-state index is 13.0. The molecule has 1 aliphatic heterocycles. The fourth-order valence-corrected chi connectivity index (χ4v) is 4.80. The minimum atomic E-state index is -4.53. The number of rotatable bonds is 6. The second-order valence-electron chi connectivity index (χ2n) is 9.68. The molecule has 1 fully saturated rings. The predicted octanol–water partition coefficient (Wildman–Crippen LogP) is 5.42. The SMILES string of the molecule is CC(=O)N(Cc1cc(Oc2ccc3c(ccn3C(=O)Nc3cccc(C(F)(F)F)c3)c2)ncn1)C1CCN(C(=O)O)C1. The Morgan fingerprint density at radius 2 is 1.93 bits per heavy atom. The zero-order valence-electron chi connectivity index (χ0n) is 22.2. The van der Waals surface area contributed by atoms with Crippen LogP contribution in [-0.2, 0) is 17.5 Å². The van der Waals surface area contributed by atoms with E-state index in [2.05, 4.69) is 15.3 Å². The largest absolute Gasteiger partial charge is 0.465 e. The fourth-order valence-electron chi connectivity index (χ4n) is 4.80. The molecule has 1 atom stereocenters. The average Bonchev–Trinajstić information content (AvgIpc) is 3.59. The van der Waals surface area contributed by atoms with E-state index >= 15 is 0 Å². The molecule has 3 heterocycles. The number of carbonyl (C=O) groups is 3. The van der Waals surface area contributed by atoms with Gasteiger partial charge in [-0.05, 0) is 48.9 Å². The lowest BCUT2D eigenvalue weighted by Gasteiger charge is -2.27. The monoisotopic (exact) mass is 582 g/mol. The van der Waals surface area contributed by atoms with Gasteiger partial charge in [0.2, 0.25) is 11.8 Å². The highest BCUT2D eigenvalue weighted by Gasteiger charge is 2.32. The second kappa shape index (κ2) is 11.4. The van der Waals surface area contributed by atoms with Crippen molar-refractivity contribution in [3.63, 3.8) is 0 Å². The van der Waals surface area contributed by atoms with Gasteiger partial charge in [-0.15, -0.1) is 0 Å². The van der Waals surface area contributed by atoms with Gasteiger partial charge in [-0.2, -0.15) is 13.2 Å². The lowest BCUT2D eigenvalue weighted by atomic mass is 10.2. The number of aromatic nitrogens is 3. The zero-order chi connectivity index (χ0) is 30.0. The number of carboxylic acid groups (broad SMARTS) is 1. The summed E-state index contributed by atoms with van der Waals surface area (Å²) in [7, 11) is 0. The number of nitrogens with one attached hydrogen (secondary N) is 1. The predicted molar refractivity (Wildman–Crippen MR) is 144 cm³/mol. The molecule has 14 heteroatoms. The third-order valence-corrected chi connectivity index (χ3v) is 6.85. The number of fused-ring (bicyclic) bond motifs is 1. The van der Waals surface area contributed by atoms with Crippen LogP contribution < -0.4 is 10.1 Å². The smallest absolute Gasteiger partial charge is 0.416 e.